The Hall–Kier alpha value is -1.98. The number of benzene rings is 1. The molecule has 0 amide bonds. The van der Waals surface area contributed by atoms with E-state index in [9.17, 15) is 22.7 Å². The zero-order valence-electron chi connectivity index (χ0n) is 22.3. The van der Waals surface area contributed by atoms with E-state index in [0.717, 1.165) is 18.3 Å². The van der Waals surface area contributed by atoms with Crippen LogP contribution < -0.4 is 10.6 Å². The Labute approximate surface area is 267 Å². The number of alkyl halides is 4. The fourth-order valence-corrected chi connectivity index (χ4v) is 6.38. The van der Waals surface area contributed by atoms with Crippen molar-refractivity contribution in [3.8, 4) is 17.3 Å². The van der Waals surface area contributed by atoms with Gasteiger partial charge in [0.1, 0.15) is 23.2 Å². The molecule has 0 bridgehead atoms. The molecule has 7 rings (SSSR count). The summed E-state index contributed by atoms with van der Waals surface area (Å²) in [6.07, 6.45) is 0.616. The minimum absolute atomic E-state index is 0. The summed E-state index contributed by atoms with van der Waals surface area (Å²) < 4.78 is 76.2. The third-order valence-electron chi connectivity index (χ3n) is 7.99. The molecule has 3 atom stereocenters. The van der Waals surface area contributed by atoms with E-state index in [1.165, 1.54) is 43.7 Å². The van der Waals surface area contributed by atoms with Crippen molar-refractivity contribution in [1.29, 1.82) is 0 Å². The van der Waals surface area contributed by atoms with E-state index in [2.05, 4.69) is 19.9 Å². The smallest absolute Gasteiger partial charge is 0.418 e. The Morgan fingerprint density at radius 2 is 1.83 bits per heavy atom. The zero-order chi connectivity index (χ0) is 29.1. The average molecular weight is 836 g/mol. The van der Waals surface area contributed by atoms with Crippen LogP contribution in [0.4, 0.5) is 33.5 Å². The number of nitrogens with zero attached hydrogens (tertiary/aromatic N) is 5. The molecule has 3 aliphatic heterocycles. The van der Waals surface area contributed by atoms with Gasteiger partial charge in [0, 0.05) is 61.0 Å². The van der Waals surface area contributed by atoms with Gasteiger partial charge in [0.05, 0.1) is 35.2 Å². The third-order valence-corrected chi connectivity index (χ3v) is 8.29. The maximum absolute atomic E-state index is 15.5. The Kier molecular flexibility index (Phi) is 9.13. The number of pyridine rings is 1. The van der Waals surface area contributed by atoms with Gasteiger partial charge >= 0.3 is 12.2 Å². The quantitative estimate of drug-likeness (QED) is 0.202. The summed E-state index contributed by atoms with van der Waals surface area (Å²) in [7, 11) is 0. The van der Waals surface area contributed by atoms with Crippen LogP contribution in [0.2, 0.25) is 5.02 Å². The minimum atomic E-state index is -4.93. The van der Waals surface area contributed by atoms with Crippen molar-refractivity contribution in [3.63, 3.8) is 0 Å². The number of fused-ring (bicyclic) bond motifs is 3. The van der Waals surface area contributed by atoms with Crippen LogP contribution >= 0.6 is 11.6 Å². The van der Waals surface area contributed by atoms with Crippen LogP contribution in [0.15, 0.2) is 18.3 Å². The first-order valence-electron chi connectivity index (χ1n) is 13.3. The number of aromatic nitrogens is 3. The van der Waals surface area contributed by atoms with E-state index in [1.807, 2.05) is 0 Å². The second-order valence-electron chi connectivity index (χ2n) is 10.6. The third kappa shape index (κ3) is 5.90. The monoisotopic (exact) mass is 835 g/mol. The van der Waals surface area contributed by atoms with E-state index in [-0.39, 0.29) is 67.8 Å². The van der Waals surface area contributed by atoms with Crippen LogP contribution in [-0.4, -0.2) is 70.0 Å². The Morgan fingerprint density at radius 3 is 2.50 bits per heavy atom. The molecule has 3 saturated heterocycles. The minimum Gasteiger partial charge on any atom is -0.479 e. The van der Waals surface area contributed by atoms with Crippen LogP contribution in [-0.2, 0) is 10.9 Å². The summed E-state index contributed by atoms with van der Waals surface area (Å²) in [4.78, 5) is 15.6. The van der Waals surface area contributed by atoms with Crippen LogP contribution in [0.1, 0.15) is 31.2 Å². The topological polar surface area (TPSA) is 101 Å². The van der Waals surface area contributed by atoms with Crippen LogP contribution in [0, 0.1) is 48.9 Å². The first kappa shape index (κ1) is 31.4. The molecule has 0 spiro atoms. The van der Waals surface area contributed by atoms with E-state index >= 15 is 4.39 Å². The van der Waals surface area contributed by atoms with E-state index in [1.54, 1.807) is 6.04 Å². The summed E-state index contributed by atoms with van der Waals surface area (Å²) >= 11 is 5.77. The first-order chi connectivity index (χ1) is 19.5. The van der Waals surface area contributed by atoms with Gasteiger partial charge in [-0.2, -0.15) is 36.0 Å². The summed E-state index contributed by atoms with van der Waals surface area (Å²) in [6, 6.07) is 2.14. The molecule has 1 saturated carbocycles. The average Bonchev–Trinajstić information content (AvgIpc) is 3.16. The predicted molar refractivity (Wildman–Crippen MR) is 142 cm³/mol. The molecule has 1 aromatic carbocycles. The van der Waals surface area contributed by atoms with Crippen molar-refractivity contribution in [2.75, 3.05) is 43.5 Å². The number of nitrogens with two attached hydrogens (primary N) is 1. The number of anilines is 2. The van der Waals surface area contributed by atoms with Gasteiger partial charge in [0.25, 0.3) is 0 Å². The number of hydrogen-bond donors (Lipinski definition) is 2. The SMILES string of the molecule is C1C[C-]2CCCN2C1.Nc1cc(Cl)c(C(F)(F)F)c(-c2ncc3c(N4CCOC[C@H]5[C@H](F)[C@H]54)nc(O)nc3c2F)c1.[U]. The molecule has 8 nitrogen and oxygen atoms in total. The van der Waals surface area contributed by atoms with Gasteiger partial charge in [-0.25, -0.2) is 8.78 Å². The molecule has 4 fully saturated rings. The van der Waals surface area contributed by atoms with Gasteiger partial charge in [-0.1, -0.05) is 24.4 Å². The van der Waals surface area contributed by atoms with Gasteiger partial charge < -0.3 is 25.4 Å². The molecule has 2 aromatic heterocycles. The molecular formula is C27H27ClF5N6O2U-. The van der Waals surface area contributed by atoms with Gasteiger partial charge in [-0.3, -0.25) is 11.0 Å². The summed E-state index contributed by atoms with van der Waals surface area (Å²) in [5.74, 6) is -1.63. The molecule has 0 unspecified atom stereocenters. The van der Waals surface area contributed by atoms with Crippen LogP contribution in [0.3, 0.4) is 0 Å². The van der Waals surface area contributed by atoms with Crippen molar-refractivity contribution >= 4 is 34.0 Å². The van der Waals surface area contributed by atoms with E-state index in [4.69, 9.17) is 22.1 Å². The first-order valence-corrected chi connectivity index (χ1v) is 13.7. The van der Waals surface area contributed by atoms with Gasteiger partial charge in [0.15, 0.2) is 5.82 Å². The molecule has 4 aliphatic rings. The molecule has 224 valence electrons. The van der Waals surface area contributed by atoms with Crippen molar-refractivity contribution in [2.45, 2.75) is 44.1 Å². The van der Waals surface area contributed by atoms with E-state index in [0.29, 0.717) is 0 Å². The normalized spacial score (nSPS) is 24.0. The molecule has 0 radical (unpaired) electrons. The van der Waals surface area contributed by atoms with Crippen molar-refractivity contribution in [3.05, 3.63) is 40.8 Å². The number of ether oxygens (including phenoxy) is 1. The molecule has 15 heteroatoms. The van der Waals surface area contributed by atoms with Gasteiger partial charge in [-0.15, -0.1) is 0 Å². The Balaban J connectivity index is 0.000000335. The number of rotatable bonds is 2. The molecular weight excluding hydrogens is 809 g/mol. The standard InChI is InChI=1S/C20H15ClF5N5O2.C7H12N.U/c21-11-4-7(27)3-8(12(11)20(24,25)26)15-14(23)16-9(5-28-15)18(30-19(32)29-16)31-1-2-33-6-10-13(22)17(10)31;1-3-7-4-2-6-8(7)5-1;/h3-5,10,13,17H,1-2,6,27H2,(H,29,30,32);1-6H2;/q;-1;/t10-,13-,17-;;/m0../s1. The maximum atomic E-state index is 15.5. The molecule has 42 heavy (non-hydrogen) atoms. The van der Waals surface area contributed by atoms with Gasteiger partial charge in [0.2, 0.25) is 0 Å². The van der Waals surface area contributed by atoms with Crippen LogP contribution in [0.5, 0.6) is 6.01 Å². The summed E-state index contributed by atoms with van der Waals surface area (Å²) in [5.41, 5.74) is 2.33. The number of nitrogen functional groups attached to an aromatic ring is 1. The van der Waals surface area contributed by atoms with Crippen molar-refractivity contribution in [1.82, 2.24) is 19.9 Å². The molecule has 1 aliphatic carbocycles. The fourth-order valence-electron chi connectivity index (χ4n) is 6.04. The fraction of sp³-hybridized carbons (Fsp3) is 0.481. The summed E-state index contributed by atoms with van der Waals surface area (Å²) in [6.45, 7) is 3.38. The second-order valence-corrected chi connectivity index (χ2v) is 11.0. The van der Waals surface area contributed by atoms with E-state index < -0.39 is 63.5 Å². The molecule has 3 N–H and O–H groups in total. The molecule has 5 heterocycles. The largest absolute Gasteiger partial charge is 0.479 e. The van der Waals surface area contributed by atoms with Crippen LogP contribution in [0.25, 0.3) is 22.2 Å². The summed E-state index contributed by atoms with van der Waals surface area (Å²) in [5, 5.41) is 9.33. The maximum Gasteiger partial charge on any atom is 0.418 e. The van der Waals surface area contributed by atoms with Gasteiger partial charge in [-0.05, 0) is 25.2 Å². The molecule has 3 aromatic rings. The Bertz CT molecular complexity index is 1460. The predicted octanol–water partition coefficient (Wildman–Crippen LogP) is 5.37. The number of aromatic hydroxyl groups is 1. The van der Waals surface area contributed by atoms with Crippen molar-refractivity contribution in [2.24, 2.45) is 5.92 Å². The Morgan fingerprint density at radius 1 is 1.12 bits per heavy atom. The number of hydrogen-bond acceptors (Lipinski definition) is 8. The second kappa shape index (κ2) is 12.2. The zero-order valence-corrected chi connectivity index (χ0v) is 27.2. The van der Waals surface area contributed by atoms with Crippen molar-refractivity contribution < 1.29 is 62.9 Å². The number of halogens is 6.